The summed E-state index contributed by atoms with van der Waals surface area (Å²) >= 11 is 0. The van der Waals surface area contributed by atoms with Crippen LogP contribution >= 0.6 is 0 Å². The van der Waals surface area contributed by atoms with E-state index in [-0.39, 0.29) is 5.91 Å². The number of ether oxygens (including phenoxy) is 2. The lowest BCUT2D eigenvalue weighted by Gasteiger charge is -2.05. The number of hydrogen-bond acceptors (Lipinski definition) is 4. The second-order valence-electron chi connectivity index (χ2n) is 5.05. The smallest absolute Gasteiger partial charge is 0.275 e. The van der Waals surface area contributed by atoms with E-state index in [1.165, 1.54) is 0 Å². The topological polar surface area (TPSA) is 65.4 Å². The Morgan fingerprint density at radius 1 is 1.04 bits per heavy atom. The normalized spacial score (nSPS) is 10.2. The van der Waals surface area contributed by atoms with E-state index in [0.29, 0.717) is 17.1 Å². The first-order chi connectivity index (χ1) is 11.7. The van der Waals surface area contributed by atoms with Crippen LogP contribution in [0, 0.1) is 0 Å². The van der Waals surface area contributed by atoms with Gasteiger partial charge in [0.15, 0.2) is 0 Å². The highest BCUT2D eigenvalue weighted by molar-refractivity contribution is 6.02. The van der Waals surface area contributed by atoms with E-state index in [1.54, 1.807) is 43.4 Å². The summed E-state index contributed by atoms with van der Waals surface area (Å²) in [7, 11) is 3.20. The number of methoxy groups -OCH3 is 2. The Kier molecular flexibility index (Phi) is 4.47. The molecule has 0 aliphatic carbocycles. The molecule has 1 N–H and O–H groups in total. The van der Waals surface area contributed by atoms with Gasteiger partial charge in [-0.15, -0.1) is 0 Å². The summed E-state index contributed by atoms with van der Waals surface area (Å²) < 4.78 is 12.1. The molecule has 3 rings (SSSR count). The van der Waals surface area contributed by atoms with Crippen LogP contribution in [0.3, 0.4) is 0 Å². The van der Waals surface area contributed by atoms with Crippen molar-refractivity contribution < 1.29 is 14.3 Å². The van der Waals surface area contributed by atoms with Gasteiger partial charge in [-0.1, -0.05) is 6.07 Å². The van der Waals surface area contributed by atoms with Crippen LogP contribution < -0.4 is 14.8 Å². The fraction of sp³-hybridized carbons (Fsp3) is 0.111. The standard InChI is InChI=1S/C18H17N3O3/c1-23-15-8-6-14(7-9-15)21-11-17(19-12-21)18(22)20-13-4-3-5-16(10-13)24-2/h3-12H,1-2H3,(H,20,22). The molecule has 0 saturated carbocycles. The number of nitrogens with one attached hydrogen (secondary N) is 1. The summed E-state index contributed by atoms with van der Waals surface area (Å²) in [6.07, 6.45) is 3.28. The van der Waals surface area contributed by atoms with Gasteiger partial charge in [0.05, 0.1) is 14.2 Å². The van der Waals surface area contributed by atoms with Crippen LogP contribution in [0.25, 0.3) is 5.69 Å². The molecule has 122 valence electrons. The maximum atomic E-state index is 12.3. The van der Waals surface area contributed by atoms with Crippen molar-refractivity contribution in [2.45, 2.75) is 0 Å². The van der Waals surface area contributed by atoms with Gasteiger partial charge in [-0.3, -0.25) is 4.79 Å². The molecule has 0 fully saturated rings. The van der Waals surface area contributed by atoms with Crippen LogP contribution in [0.4, 0.5) is 5.69 Å². The Bertz CT molecular complexity index is 841. The van der Waals surface area contributed by atoms with Gasteiger partial charge in [0.25, 0.3) is 5.91 Å². The molecule has 0 unspecified atom stereocenters. The van der Waals surface area contributed by atoms with Gasteiger partial charge in [-0.25, -0.2) is 4.98 Å². The molecule has 2 aromatic carbocycles. The van der Waals surface area contributed by atoms with Gasteiger partial charge in [0.2, 0.25) is 0 Å². The van der Waals surface area contributed by atoms with E-state index >= 15 is 0 Å². The Hall–Kier alpha value is -3.28. The average molecular weight is 323 g/mol. The van der Waals surface area contributed by atoms with Crippen LogP contribution in [0.15, 0.2) is 61.1 Å². The van der Waals surface area contributed by atoms with Crippen molar-refractivity contribution in [2.75, 3.05) is 19.5 Å². The molecule has 6 nitrogen and oxygen atoms in total. The summed E-state index contributed by atoms with van der Waals surface area (Å²) in [5, 5.41) is 2.80. The first-order valence-corrected chi connectivity index (χ1v) is 7.33. The molecule has 6 heteroatoms. The number of hydrogen-bond donors (Lipinski definition) is 1. The van der Waals surface area contributed by atoms with E-state index in [2.05, 4.69) is 10.3 Å². The number of carbonyl (C=O) groups excluding carboxylic acids is 1. The highest BCUT2D eigenvalue weighted by Crippen LogP contribution is 2.18. The molecular weight excluding hydrogens is 306 g/mol. The van der Waals surface area contributed by atoms with Gasteiger partial charge in [-0.2, -0.15) is 0 Å². The largest absolute Gasteiger partial charge is 0.497 e. The SMILES string of the molecule is COc1ccc(-n2cnc(C(=O)Nc3cccc(OC)c3)c2)cc1. The number of aromatic nitrogens is 2. The Labute approximate surface area is 139 Å². The zero-order chi connectivity index (χ0) is 16.9. The van der Waals surface area contributed by atoms with Crippen molar-refractivity contribution in [1.29, 1.82) is 0 Å². The fourth-order valence-electron chi connectivity index (χ4n) is 2.23. The molecule has 1 heterocycles. The monoisotopic (exact) mass is 323 g/mol. The Balaban J connectivity index is 1.75. The van der Waals surface area contributed by atoms with Crippen LogP contribution in [0.5, 0.6) is 11.5 Å². The minimum atomic E-state index is -0.282. The lowest BCUT2D eigenvalue weighted by molar-refractivity contribution is 0.102. The first-order valence-electron chi connectivity index (χ1n) is 7.33. The molecule has 3 aromatic rings. The lowest BCUT2D eigenvalue weighted by Crippen LogP contribution is -2.12. The number of imidazole rings is 1. The zero-order valence-electron chi connectivity index (χ0n) is 13.4. The van der Waals surface area contributed by atoms with E-state index in [1.807, 2.05) is 36.4 Å². The number of anilines is 1. The van der Waals surface area contributed by atoms with E-state index < -0.39 is 0 Å². The predicted molar refractivity (Wildman–Crippen MR) is 91.1 cm³/mol. The van der Waals surface area contributed by atoms with Crippen molar-refractivity contribution in [3.8, 4) is 17.2 Å². The fourth-order valence-corrected chi connectivity index (χ4v) is 2.23. The lowest BCUT2D eigenvalue weighted by atomic mass is 10.3. The molecular formula is C18H17N3O3. The third kappa shape index (κ3) is 3.38. The van der Waals surface area contributed by atoms with E-state index in [9.17, 15) is 4.79 Å². The maximum absolute atomic E-state index is 12.3. The number of rotatable bonds is 5. The second-order valence-corrected chi connectivity index (χ2v) is 5.05. The maximum Gasteiger partial charge on any atom is 0.275 e. The first kappa shape index (κ1) is 15.6. The van der Waals surface area contributed by atoms with Crippen molar-refractivity contribution in [1.82, 2.24) is 9.55 Å². The average Bonchev–Trinajstić information content (AvgIpc) is 3.12. The Morgan fingerprint density at radius 2 is 1.79 bits per heavy atom. The number of nitrogens with zero attached hydrogens (tertiary/aromatic N) is 2. The summed E-state index contributed by atoms with van der Waals surface area (Å²) in [5.74, 6) is 1.17. The third-order valence-corrected chi connectivity index (χ3v) is 3.51. The second kappa shape index (κ2) is 6.87. The summed E-state index contributed by atoms with van der Waals surface area (Å²) in [4.78, 5) is 16.5. The molecule has 0 radical (unpaired) electrons. The van der Waals surface area contributed by atoms with Crippen molar-refractivity contribution in [2.24, 2.45) is 0 Å². The van der Waals surface area contributed by atoms with Gasteiger partial charge in [0.1, 0.15) is 23.5 Å². The Morgan fingerprint density at radius 3 is 2.50 bits per heavy atom. The predicted octanol–water partition coefficient (Wildman–Crippen LogP) is 3.14. The zero-order valence-corrected chi connectivity index (χ0v) is 13.4. The molecule has 0 bridgehead atoms. The summed E-state index contributed by atoms with van der Waals surface area (Å²) in [5.41, 5.74) is 1.87. The van der Waals surface area contributed by atoms with Crippen LogP contribution in [0.1, 0.15) is 10.5 Å². The summed E-state index contributed by atoms with van der Waals surface area (Å²) in [6, 6.07) is 14.7. The number of amides is 1. The van der Waals surface area contributed by atoms with E-state index in [0.717, 1.165) is 11.4 Å². The molecule has 1 aromatic heterocycles. The highest BCUT2D eigenvalue weighted by atomic mass is 16.5. The minimum Gasteiger partial charge on any atom is -0.497 e. The number of carbonyl (C=O) groups is 1. The molecule has 0 aliphatic heterocycles. The number of benzene rings is 2. The van der Waals surface area contributed by atoms with Gasteiger partial charge in [-0.05, 0) is 36.4 Å². The molecule has 0 aliphatic rings. The molecule has 0 atom stereocenters. The highest BCUT2D eigenvalue weighted by Gasteiger charge is 2.11. The van der Waals surface area contributed by atoms with Gasteiger partial charge >= 0.3 is 0 Å². The van der Waals surface area contributed by atoms with Crippen LogP contribution in [0.2, 0.25) is 0 Å². The van der Waals surface area contributed by atoms with Crippen molar-refractivity contribution >= 4 is 11.6 Å². The van der Waals surface area contributed by atoms with Crippen LogP contribution in [-0.4, -0.2) is 29.7 Å². The summed E-state index contributed by atoms with van der Waals surface area (Å²) in [6.45, 7) is 0. The molecule has 24 heavy (non-hydrogen) atoms. The molecule has 1 amide bonds. The van der Waals surface area contributed by atoms with Gasteiger partial charge in [0, 0.05) is 23.6 Å². The van der Waals surface area contributed by atoms with Crippen molar-refractivity contribution in [3.05, 3.63) is 66.7 Å². The minimum absolute atomic E-state index is 0.282. The van der Waals surface area contributed by atoms with E-state index in [4.69, 9.17) is 9.47 Å². The van der Waals surface area contributed by atoms with Crippen LogP contribution in [-0.2, 0) is 0 Å². The molecule has 0 spiro atoms. The van der Waals surface area contributed by atoms with Gasteiger partial charge < -0.3 is 19.4 Å². The van der Waals surface area contributed by atoms with Crippen molar-refractivity contribution in [3.63, 3.8) is 0 Å². The molecule has 0 saturated heterocycles. The quantitative estimate of drug-likeness (QED) is 0.783. The third-order valence-electron chi connectivity index (χ3n) is 3.51.